The van der Waals surface area contributed by atoms with Crippen molar-refractivity contribution < 1.29 is 4.79 Å². The van der Waals surface area contributed by atoms with Gasteiger partial charge in [0, 0.05) is 31.6 Å². The van der Waals surface area contributed by atoms with E-state index >= 15 is 0 Å². The standard InChI is InChI=1S/C14H18N4O/c1-3-5-13-17-8-9-18(13)11-6-7-16-12(10-11)14(19)15-4-2/h6-10H,3-5H2,1-2H3,(H,15,19). The molecule has 0 saturated carbocycles. The topological polar surface area (TPSA) is 59.8 Å². The molecular formula is C14H18N4O. The van der Waals surface area contributed by atoms with Gasteiger partial charge < -0.3 is 9.88 Å². The number of aromatic nitrogens is 3. The van der Waals surface area contributed by atoms with Crippen molar-refractivity contribution in [2.24, 2.45) is 0 Å². The summed E-state index contributed by atoms with van der Waals surface area (Å²) >= 11 is 0. The van der Waals surface area contributed by atoms with Crippen LogP contribution in [-0.2, 0) is 6.42 Å². The molecule has 0 aliphatic heterocycles. The molecule has 0 aromatic carbocycles. The minimum atomic E-state index is -0.151. The zero-order valence-corrected chi connectivity index (χ0v) is 11.3. The lowest BCUT2D eigenvalue weighted by Crippen LogP contribution is -2.23. The van der Waals surface area contributed by atoms with E-state index in [0.717, 1.165) is 24.4 Å². The Morgan fingerprint density at radius 2 is 2.16 bits per heavy atom. The summed E-state index contributed by atoms with van der Waals surface area (Å²) in [6.45, 7) is 4.60. The van der Waals surface area contributed by atoms with Gasteiger partial charge in [-0.25, -0.2) is 4.98 Å². The molecule has 2 rings (SSSR count). The van der Waals surface area contributed by atoms with E-state index < -0.39 is 0 Å². The molecule has 0 bridgehead atoms. The Kier molecular flexibility index (Phi) is 4.28. The first kappa shape index (κ1) is 13.3. The van der Waals surface area contributed by atoms with Gasteiger partial charge in [-0.3, -0.25) is 9.78 Å². The molecular weight excluding hydrogens is 240 g/mol. The van der Waals surface area contributed by atoms with E-state index in [0.29, 0.717) is 12.2 Å². The van der Waals surface area contributed by atoms with Crippen LogP contribution in [0, 0.1) is 0 Å². The predicted octanol–water partition coefficient (Wildman–Crippen LogP) is 1.97. The number of nitrogens with zero attached hydrogens (tertiary/aromatic N) is 3. The molecule has 0 atom stereocenters. The van der Waals surface area contributed by atoms with Crippen molar-refractivity contribution in [3.8, 4) is 5.69 Å². The minimum absolute atomic E-state index is 0.151. The van der Waals surface area contributed by atoms with E-state index in [9.17, 15) is 4.79 Å². The van der Waals surface area contributed by atoms with Gasteiger partial charge in [0.15, 0.2) is 0 Å². The maximum Gasteiger partial charge on any atom is 0.269 e. The van der Waals surface area contributed by atoms with Crippen molar-refractivity contribution in [1.29, 1.82) is 0 Å². The number of hydrogen-bond acceptors (Lipinski definition) is 3. The molecule has 0 fully saturated rings. The third-order valence-electron chi connectivity index (χ3n) is 2.78. The molecule has 0 unspecified atom stereocenters. The third-order valence-corrected chi connectivity index (χ3v) is 2.78. The SMILES string of the molecule is CCCc1nccn1-c1ccnc(C(=O)NCC)c1. The minimum Gasteiger partial charge on any atom is -0.351 e. The molecule has 0 saturated heterocycles. The second-order valence-electron chi connectivity index (χ2n) is 4.22. The number of carbonyl (C=O) groups is 1. The summed E-state index contributed by atoms with van der Waals surface area (Å²) in [4.78, 5) is 20.2. The molecule has 0 aliphatic rings. The molecule has 100 valence electrons. The van der Waals surface area contributed by atoms with Crippen LogP contribution in [0.15, 0.2) is 30.7 Å². The number of nitrogens with one attached hydrogen (secondary N) is 1. The van der Waals surface area contributed by atoms with Gasteiger partial charge in [0.05, 0.1) is 5.69 Å². The number of aryl methyl sites for hydroxylation is 1. The Balaban J connectivity index is 2.32. The van der Waals surface area contributed by atoms with Crippen molar-refractivity contribution in [2.75, 3.05) is 6.54 Å². The fourth-order valence-electron chi connectivity index (χ4n) is 1.92. The zero-order chi connectivity index (χ0) is 13.7. The number of hydrogen-bond donors (Lipinski definition) is 1. The van der Waals surface area contributed by atoms with Crippen molar-refractivity contribution in [1.82, 2.24) is 19.9 Å². The number of imidazole rings is 1. The molecule has 1 N–H and O–H groups in total. The Bertz CT molecular complexity index is 562. The highest BCUT2D eigenvalue weighted by molar-refractivity contribution is 5.92. The lowest BCUT2D eigenvalue weighted by molar-refractivity contribution is 0.0951. The van der Waals surface area contributed by atoms with Gasteiger partial charge in [-0.05, 0) is 25.5 Å². The maximum absolute atomic E-state index is 11.8. The Labute approximate surface area is 112 Å². The summed E-state index contributed by atoms with van der Waals surface area (Å²) in [6, 6.07) is 3.66. The van der Waals surface area contributed by atoms with Gasteiger partial charge in [-0.2, -0.15) is 0 Å². The van der Waals surface area contributed by atoms with Crippen molar-refractivity contribution in [2.45, 2.75) is 26.7 Å². The lowest BCUT2D eigenvalue weighted by Gasteiger charge is -2.08. The van der Waals surface area contributed by atoms with Gasteiger partial charge in [0.2, 0.25) is 0 Å². The normalized spacial score (nSPS) is 10.4. The second-order valence-corrected chi connectivity index (χ2v) is 4.22. The Hall–Kier alpha value is -2.17. The average Bonchev–Trinajstić information content (AvgIpc) is 2.88. The summed E-state index contributed by atoms with van der Waals surface area (Å²) in [5.74, 6) is 0.844. The lowest BCUT2D eigenvalue weighted by atomic mass is 10.2. The van der Waals surface area contributed by atoms with Gasteiger partial charge in [0.1, 0.15) is 11.5 Å². The van der Waals surface area contributed by atoms with E-state index in [1.807, 2.05) is 23.8 Å². The molecule has 5 heteroatoms. The highest BCUT2D eigenvalue weighted by Gasteiger charge is 2.09. The van der Waals surface area contributed by atoms with Crippen molar-refractivity contribution >= 4 is 5.91 Å². The summed E-state index contributed by atoms with van der Waals surface area (Å²) in [7, 11) is 0. The van der Waals surface area contributed by atoms with Crippen LogP contribution in [-0.4, -0.2) is 27.0 Å². The van der Waals surface area contributed by atoms with E-state index in [1.54, 1.807) is 18.5 Å². The first-order valence-electron chi connectivity index (χ1n) is 6.53. The molecule has 2 aromatic rings. The molecule has 1 amide bonds. The first-order valence-corrected chi connectivity index (χ1v) is 6.53. The van der Waals surface area contributed by atoms with Crippen LogP contribution in [0.2, 0.25) is 0 Å². The van der Waals surface area contributed by atoms with Crippen LogP contribution >= 0.6 is 0 Å². The third kappa shape index (κ3) is 2.99. The fraction of sp³-hybridized carbons (Fsp3) is 0.357. The molecule has 0 spiro atoms. The summed E-state index contributed by atoms with van der Waals surface area (Å²) in [5.41, 5.74) is 1.34. The number of pyridine rings is 1. The van der Waals surface area contributed by atoms with Crippen molar-refractivity contribution in [3.05, 3.63) is 42.2 Å². The van der Waals surface area contributed by atoms with E-state index in [1.165, 1.54) is 0 Å². The summed E-state index contributed by atoms with van der Waals surface area (Å²) in [6.07, 6.45) is 7.27. The molecule has 0 aliphatic carbocycles. The van der Waals surface area contributed by atoms with E-state index in [-0.39, 0.29) is 5.91 Å². The van der Waals surface area contributed by atoms with Crippen LogP contribution in [0.25, 0.3) is 5.69 Å². The van der Waals surface area contributed by atoms with Gasteiger partial charge in [-0.1, -0.05) is 6.92 Å². The second kappa shape index (κ2) is 6.13. The number of carbonyl (C=O) groups excluding carboxylic acids is 1. The van der Waals surface area contributed by atoms with Gasteiger partial charge in [0.25, 0.3) is 5.91 Å². The Morgan fingerprint density at radius 3 is 2.89 bits per heavy atom. The molecule has 19 heavy (non-hydrogen) atoms. The fourth-order valence-corrected chi connectivity index (χ4v) is 1.92. The summed E-state index contributed by atoms with van der Waals surface area (Å²) in [5, 5.41) is 2.75. The highest BCUT2D eigenvalue weighted by Crippen LogP contribution is 2.12. The van der Waals surface area contributed by atoms with Gasteiger partial charge >= 0.3 is 0 Å². The highest BCUT2D eigenvalue weighted by atomic mass is 16.1. The molecule has 0 radical (unpaired) electrons. The summed E-state index contributed by atoms with van der Waals surface area (Å²) < 4.78 is 1.99. The predicted molar refractivity (Wildman–Crippen MR) is 73.4 cm³/mol. The van der Waals surface area contributed by atoms with Crippen LogP contribution in [0.4, 0.5) is 0 Å². The van der Waals surface area contributed by atoms with Crippen LogP contribution in [0.5, 0.6) is 0 Å². The van der Waals surface area contributed by atoms with E-state index in [2.05, 4.69) is 22.2 Å². The molecule has 2 aromatic heterocycles. The van der Waals surface area contributed by atoms with Crippen LogP contribution in [0.3, 0.4) is 0 Å². The van der Waals surface area contributed by atoms with Crippen LogP contribution < -0.4 is 5.32 Å². The average molecular weight is 258 g/mol. The van der Waals surface area contributed by atoms with Gasteiger partial charge in [-0.15, -0.1) is 0 Å². The molecule has 5 nitrogen and oxygen atoms in total. The van der Waals surface area contributed by atoms with Crippen molar-refractivity contribution in [3.63, 3.8) is 0 Å². The number of amides is 1. The zero-order valence-electron chi connectivity index (χ0n) is 11.3. The Morgan fingerprint density at radius 1 is 1.32 bits per heavy atom. The monoisotopic (exact) mass is 258 g/mol. The largest absolute Gasteiger partial charge is 0.351 e. The van der Waals surface area contributed by atoms with Crippen LogP contribution in [0.1, 0.15) is 36.6 Å². The smallest absolute Gasteiger partial charge is 0.269 e. The molecule has 2 heterocycles. The van der Waals surface area contributed by atoms with E-state index in [4.69, 9.17) is 0 Å². The maximum atomic E-state index is 11.8. The first-order chi connectivity index (χ1) is 9.26. The quantitative estimate of drug-likeness (QED) is 0.892. The number of rotatable bonds is 5.